The summed E-state index contributed by atoms with van der Waals surface area (Å²) in [4.78, 5) is 28.9. The quantitative estimate of drug-likeness (QED) is 0.465. The number of halogens is 1. The number of fused-ring (bicyclic) bond motifs is 1. The minimum atomic E-state index is -0.480. The molecule has 2 heterocycles. The number of anilines is 1. The van der Waals surface area contributed by atoms with E-state index in [1.165, 1.54) is 23.2 Å². The normalized spacial score (nSPS) is 11.5. The maximum absolute atomic E-state index is 12.5. The monoisotopic (exact) mass is 420 g/mol. The molecule has 0 amide bonds. The van der Waals surface area contributed by atoms with Gasteiger partial charge in [0.25, 0.3) is 5.56 Å². The molecule has 0 unspecified atom stereocenters. The van der Waals surface area contributed by atoms with Crippen LogP contribution in [-0.4, -0.2) is 36.6 Å². The Kier molecular flexibility index (Phi) is 5.05. The molecule has 0 radical (unpaired) electrons. The molecule has 3 rings (SSSR count). The lowest BCUT2D eigenvalue weighted by Gasteiger charge is -2.07. The predicted octanol–water partition coefficient (Wildman–Crippen LogP) is 0.634. The minimum absolute atomic E-state index is 0.136. The van der Waals surface area contributed by atoms with E-state index in [2.05, 4.69) is 31.4 Å². The van der Waals surface area contributed by atoms with Crippen LogP contribution in [0.1, 0.15) is 5.56 Å². The average molecular weight is 421 g/mol. The first-order valence-corrected chi connectivity index (χ1v) is 8.55. The Hall–Kier alpha value is -2.72. The highest BCUT2D eigenvalue weighted by molar-refractivity contribution is 9.10. The zero-order valence-corrected chi connectivity index (χ0v) is 15.8. The number of hydrogen-bond donors (Lipinski definition) is 2. The molecule has 10 heteroatoms. The van der Waals surface area contributed by atoms with Crippen molar-refractivity contribution in [1.29, 1.82) is 0 Å². The summed E-state index contributed by atoms with van der Waals surface area (Å²) in [5, 5.41) is 13.5. The van der Waals surface area contributed by atoms with Crippen LogP contribution >= 0.6 is 15.9 Å². The van der Waals surface area contributed by atoms with Crippen molar-refractivity contribution in [3.8, 4) is 0 Å². The van der Waals surface area contributed by atoms with E-state index in [-0.39, 0.29) is 30.3 Å². The molecule has 0 aliphatic rings. The van der Waals surface area contributed by atoms with Gasteiger partial charge in [-0.05, 0) is 6.07 Å². The Labute approximate surface area is 156 Å². The number of hydrazone groups is 1. The summed E-state index contributed by atoms with van der Waals surface area (Å²) in [6, 6.07) is 7.55. The molecule has 0 spiro atoms. The molecular weight excluding hydrogens is 404 g/mol. The van der Waals surface area contributed by atoms with E-state index >= 15 is 0 Å². The predicted molar refractivity (Wildman–Crippen MR) is 103 cm³/mol. The molecule has 2 N–H and O–H groups in total. The number of hydrogen-bond acceptors (Lipinski definition) is 6. The molecule has 0 atom stereocenters. The van der Waals surface area contributed by atoms with Gasteiger partial charge in [0.2, 0.25) is 5.95 Å². The van der Waals surface area contributed by atoms with Crippen molar-refractivity contribution in [3.05, 3.63) is 55.1 Å². The molecule has 136 valence electrons. The highest BCUT2D eigenvalue weighted by atomic mass is 79.9. The van der Waals surface area contributed by atoms with Crippen molar-refractivity contribution in [2.75, 3.05) is 12.0 Å². The van der Waals surface area contributed by atoms with E-state index < -0.39 is 11.2 Å². The molecule has 26 heavy (non-hydrogen) atoms. The van der Waals surface area contributed by atoms with Crippen molar-refractivity contribution in [2.24, 2.45) is 19.2 Å². The van der Waals surface area contributed by atoms with Crippen molar-refractivity contribution in [3.63, 3.8) is 0 Å². The second kappa shape index (κ2) is 7.26. The number of imidazole rings is 1. The van der Waals surface area contributed by atoms with E-state index in [4.69, 9.17) is 0 Å². The van der Waals surface area contributed by atoms with Gasteiger partial charge in [0.05, 0.1) is 12.8 Å². The van der Waals surface area contributed by atoms with E-state index in [0.29, 0.717) is 0 Å². The fourth-order valence-corrected chi connectivity index (χ4v) is 2.98. The van der Waals surface area contributed by atoms with Crippen molar-refractivity contribution >= 4 is 39.3 Å². The van der Waals surface area contributed by atoms with Crippen LogP contribution in [0.5, 0.6) is 0 Å². The molecule has 0 bridgehead atoms. The van der Waals surface area contributed by atoms with Crippen LogP contribution < -0.4 is 16.7 Å². The topological polar surface area (TPSA) is 106 Å². The van der Waals surface area contributed by atoms with E-state index in [9.17, 15) is 14.7 Å². The number of nitrogens with zero attached hydrogens (tertiary/aromatic N) is 5. The van der Waals surface area contributed by atoms with Gasteiger partial charge in [0, 0.05) is 30.7 Å². The van der Waals surface area contributed by atoms with Gasteiger partial charge in [-0.3, -0.25) is 13.9 Å². The third-order valence-electron chi connectivity index (χ3n) is 3.94. The van der Waals surface area contributed by atoms with Crippen LogP contribution in [0.4, 0.5) is 5.95 Å². The Bertz CT molecular complexity index is 1110. The Morgan fingerprint density at radius 3 is 2.69 bits per heavy atom. The maximum Gasteiger partial charge on any atom is 0.332 e. The number of rotatable bonds is 5. The van der Waals surface area contributed by atoms with Crippen molar-refractivity contribution in [1.82, 2.24) is 18.7 Å². The molecule has 0 saturated heterocycles. The molecule has 1 aromatic carbocycles. The Balaban J connectivity index is 2.08. The third-order valence-corrected chi connectivity index (χ3v) is 4.67. The van der Waals surface area contributed by atoms with Gasteiger partial charge in [0.1, 0.15) is 0 Å². The molecule has 0 fully saturated rings. The molecular formula is C16H17BrN6O3. The summed E-state index contributed by atoms with van der Waals surface area (Å²) in [5.74, 6) is 0.260. The second-order valence-electron chi connectivity index (χ2n) is 5.58. The van der Waals surface area contributed by atoms with E-state index in [0.717, 1.165) is 14.6 Å². The van der Waals surface area contributed by atoms with Crippen LogP contribution in [0, 0.1) is 0 Å². The SMILES string of the molecule is Cn1c(=O)c2c(nc(NN=Cc3ccccc3Br)n2CCO)n(C)c1=O. The number of aromatic nitrogens is 4. The van der Waals surface area contributed by atoms with Gasteiger partial charge in [-0.15, -0.1) is 0 Å². The summed E-state index contributed by atoms with van der Waals surface area (Å²) in [6.07, 6.45) is 1.60. The van der Waals surface area contributed by atoms with Gasteiger partial charge >= 0.3 is 5.69 Å². The molecule has 9 nitrogen and oxygen atoms in total. The van der Waals surface area contributed by atoms with Crippen LogP contribution in [0.2, 0.25) is 0 Å². The van der Waals surface area contributed by atoms with Gasteiger partial charge in [-0.25, -0.2) is 10.2 Å². The highest BCUT2D eigenvalue weighted by Gasteiger charge is 2.18. The zero-order valence-electron chi connectivity index (χ0n) is 14.2. The van der Waals surface area contributed by atoms with Gasteiger partial charge in [-0.1, -0.05) is 34.1 Å². The first kappa shape index (κ1) is 18.1. The van der Waals surface area contributed by atoms with Crippen molar-refractivity contribution in [2.45, 2.75) is 6.54 Å². The largest absolute Gasteiger partial charge is 0.395 e. The first-order chi connectivity index (χ1) is 12.5. The second-order valence-corrected chi connectivity index (χ2v) is 6.43. The Morgan fingerprint density at radius 1 is 1.27 bits per heavy atom. The highest BCUT2D eigenvalue weighted by Crippen LogP contribution is 2.16. The first-order valence-electron chi connectivity index (χ1n) is 7.76. The molecule has 3 aromatic rings. The van der Waals surface area contributed by atoms with Crippen molar-refractivity contribution < 1.29 is 5.11 Å². The smallest absolute Gasteiger partial charge is 0.332 e. The number of aliphatic hydroxyl groups excluding tert-OH is 1. The van der Waals surface area contributed by atoms with Gasteiger partial charge < -0.3 is 9.67 Å². The number of aliphatic hydroxyl groups is 1. The maximum atomic E-state index is 12.5. The Morgan fingerprint density at radius 2 is 2.00 bits per heavy atom. The van der Waals surface area contributed by atoms with E-state index in [1.807, 2.05) is 24.3 Å². The van der Waals surface area contributed by atoms with Crippen LogP contribution in [0.3, 0.4) is 0 Å². The number of aryl methyl sites for hydroxylation is 1. The average Bonchev–Trinajstić information content (AvgIpc) is 2.99. The van der Waals surface area contributed by atoms with Crippen LogP contribution in [-0.2, 0) is 20.6 Å². The summed E-state index contributed by atoms with van der Waals surface area (Å²) >= 11 is 3.43. The lowest BCUT2D eigenvalue weighted by Crippen LogP contribution is -2.37. The molecule has 0 saturated carbocycles. The number of benzene rings is 1. The molecule has 0 aliphatic heterocycles. The van der Waals surface area contributed by atoms with Gasteiger partial charge in [-0.2, -0.15) is 10.1 Å². The lowest BCUT2D eigenvalue weighted by atomic mass is 10.2. The van der Waals surface area contributed by atoms with Crippen LogP contribution in [0.15, 0.2) is 43.4 Å². The van der Waals surface area contributed by atoms with Gasteiger partial charge in [0.15, 0.2) is 11.2 Å². The van der Waals surface area contributed by atoms with Crippen LogP contribution in [0.25, 0.3) is 11.2 Å². The standard InChI is InChI=1S/C16H17BrN6O3/c1-21-13-12(14(25)22(2)16(21)26)23(7-8-24)15(19-13)20-18-9-10-5-3-4-6-11(10)17/h3-6,9,24H,7-8H2,1-2H3,(H,19,20). The third kappa shape index (κ3) is 3.08. The summed E-state index contributed by atoms with van der Waals surface area (Å²) in [5.41, 5.74) is 3.14. The summed E-state index contributed by atoms with van der Waals surface area (Å²) in [6.45, 7) is -0.0586. The summed E-state index contributed by atoms with van der Waals surface area (Å²) < 4.78 is 4.68. The molecule has 0 aliphatic carbocycles. The minimum Gasteiger partial charge on any atom is -0.395 e. The summed E-state index contributed by atoms with van der Waals surface area (Å²) in [7, 11) is 2.94. The fourth-order valence-electron chi connectivity index (χ4n) is 2.59. The molecule has 2 aromatic heterocycles. The zero-order chi connectivity index (χ0) is 18.8. The lowest BCUT2D eigenvalue weighted by molar-refractivity contribution is 0.278. The van der Waals surface area contributed by atoms with E-state index in [1.54, 1.807) is 6.21 Å². The number of nitrogens with one attached hydrogen (secondary N) is 1. The fraction of sp³-hybridized carbons (Fsp3) is 0.250.